The number of para-hydroxylation sites is 2. The van der Waals surface area contributed by atoms with Crippen LogP contribution in [-0.2, 0) is 10.0 Å². The molecule has 1 atom stereocenters. The predicted octanol–water partition coefficient (Wildman–Crippen LogP) is 5.50. The monoisotopic (exact) mass is 517 g/mol. The lowest BCUT2D eigenvalue weighted by Gasteiger charge is -2.38. The molecule has 0 aliphatic carbocycles. The Labute approximate surface area is 207 Å². The third kappa shape index (κ3) is 5.30. The van der Waals surface area contributed by atoms with E-state index in [4.69, 9.17) is 15.2 Å². The van der Waals surface area contributed by atoms with E-state index >= 15 is 0 Å². The summed E-state index contributed by atoms with van der Waals surface area (Å²) in [5, 5.41) is 0. The molecular formula is C26H24F3N2O4S+. The van der Waals surface area contributed by atoms with Gasteiger partial charge in [-0.05, 0) is 42.5 Å². The number of nitrogens with zero attached hydrogens (tertiary/aromatic N) is 1. The van der Waals surface area contributed by atoms with Gasteiger partial charge in [0.05, 0.1) is 5.57 Å². The van der Waals surface area contributed by atoms with Crippen molar-refractivity contribution in [1.29, 1.82) is 0 Å². The Hall–Kier alpha value is -3.60. The van der Waals surface area contributed by atoms with Crippen molar-refractivity contribution in [3.05, 3.63) is 109 Å². The molecule has 0 amide bonds. The van der Waals surface area contributed by atoms with Gasteiger partial charge in [0.15, 0.2) is 11.4 Å². The highest BCUT2D eigenvalue weighted by Crippen LogP contribution is 2.42. The van der Waals surface area contributed by atoms with E-state index in [1.807, 2.05) is 0 Å². The second-order valence-electron chi connectivity index (χ2n) is 8.03. The average Bonchev–Trinajstić information content (AvgIpc) is 2.84. The summed E-state index contributed by atoms with van der Waals surface area (Å²) >= 11 is 0. The third-order valence-electron chi connectivity index (χ3n) is 5.50. The normalized spacial score (nSPS) is 18.2. The molecule has 1 aliphatic rings. The van der Waals surface area contributed by atoms with Gasteiger partial charge in [-0.3, -0.25) is 0 Å². The number of quaternary nitrogens is 1. The van der Waals surface area contributed by atoms with Crippen LogP contribution in [0.4, 0.5) is 18.9 Å². The number of rotatable bonds is 8. The molecule has 0 radical (unpaired) electrons. The summed E-state index contributed by atoms with van der Waals surface area (Å²) in [6.45, 7) is -0.487. The minimum absolute atomic E-state index is 0.0221. The molecule has 2 N–H and O–H groups in total. The molecule has 1 aliphatic heterocycles. The molecule has 188 valence electrons. The smallest absolute Gasteiger partial charge is 0.408 e. The van der Waals surface area contributed by atoms with Gasteiger partial charge in [-0.25, -0.2) is 0 Å². The molecule has 3 aromatic rings. The summed E-state index contributed by atoms with van der Waals surface area (Å²) < 4.78 is 78.7. The molecule has 0 saturated carbocycles. The Morgan fingerprint density at radius 2 is 1.42 bits per heavy atom. The van der Waals surface area contributed by atoms with Crippen molar-refractivity contribution in [2.45, 2.75) is 6.18 Å². The molecule has 1 heterocycles. The highest BCUT2D eigenvalue weighted by Gasteiger charge is 2.56. The lowest BCUT2D eigenvalue weighted by molar-refractivity contribution is -0.106. The molecule has 4 rings (SSSR count). The van der Waals surface area contributed by atoms with E-state index in [0.717, 1.165) is 0 Å². The Morgan fingerprint density at radius 1 is 0.833 bits per heavy atom. The zero-order valence-electron chi connectivity index (χ0n) is 19.1. The first-order valence-corrected chi connectivity index (χ1v) is 12.6. The molecule has 0 aromatic heterocycles. The molecule has 3 aromatic carbocycles. The summed E-state index contributed by atoms with van der Waals surface area (Å²) in [5.74, 6) is -1.28. The molecule has 0 spiro atoms. The lowest BCUT2D eigenvalue weighted by atomic mass is 10.1. The van der Waals surface area contributed by atoms with Gasteiger partial charge in [0.25, 0.3) is 0 Å². The standard InChI is InChI=1S/C26H24F3N2O4S/c27-26(28,29)19-36(32,33)31(21-10-7-15-24(17-21)34-22-11-3-1-4-12-22)16-8-9-20(18-30)25(31)35-23-13-5-2-6-14-23/h1-15,17H,16,18-19,30H2/q+1. The van der Waals surface area contributed by atoms with Gasteiger partial charge in [-0.1, -0.05) is 42.5 Å². The maximum absolute atomic E-state index is 13.7. The molecule has 0 saturated heterocycles. The number of benzene rings is 3. The Bertz CT molecular complexity index is 1380. The minimum atomic E-state index is -4.99. The van der Waals surface area contributed by atoms with Crippen LogP contribution in [0.15, 0.2) is 109 Å². The zero-order valence-corrected chi connectivity index (χ0v) is 19.9. The van der Waals surface area contributed by atoms with Crippen molar-refractivity contribution in [3.63, 3.8) is 0 Å². The van der Waals surface area contributed by atoms with Crippen LogP contribution in [0, 0.1) is 0 Å². The van der Waals surface area contributed by atoms with E-state index in [9.17, 15) is 21.6 Å². The highest BCUT2D eigenvalue weighted by molar-refractivity contribution is 7.91. The molecule has 0 bridgehead atoms. The maximum atomic E-state index is 13.7. The van der Waals surface area contributed by atoms with Gasteiger partial charge in [0.2, 0.25) is 0 Å². The Morgan fingerprint density at radius 3 is 2.00 bits per heavy atom. The number of ether oxygens (including phenoxy) is 2. The second-order valence-corrected chi connectivity index (χ2v) is 10.1. The highest BCUT2D eigenvalue weighted by atomic mass is 32.2. The lowest BCUT2D eigenvalue weighted by Crippen LogP contribution is -2.58. The number of hydrogen-bond donors (Lipinski definition) is 1. The fourth-order valence-corrected chi connectivity index (χ4v) is 5.75. The third-order valence-corrected chi connectivity index (χ3v) is 7.66. The summed E-state index contributed by atoms with van der Waals surface area (Å²) in [7, 11) is -4.99. The van der Waals surface area contributed by atoms with E-state index in [1.54, 1.807) is 72.8 Å². The number of sulfonamides is 1. The Balaban J connectivity index is 1.92. The first-order valence-electron chi connectivity index (χ1n) is 11.0. The molecule has 0 fully saturated rings. The SMILES string of the molecule is NCC1=C(Oc2ccccc2)[N+](c2cccc(Oc3ccccc3)c2)(S(=O)(=O)CC(F)(F)F)CC=C1. The fraction of sp³-hybridized carbons (Fsp3) is 0.154. The average molecular weight is 518 g/mol. The van der Waals surface area contributed by atoms with Crippen molar-refractivity contribution in [2.24, 2.45) is 5.73 Å². The van der Waals surface area contributed by atoms with Gasteiger partial charge in [0.1, 0.15) is 23.8 Å². The molecule has 10 heteroatoms. The van der Waals surface area contributed by atoms with Crippen molar-refractivity contribution >= 4 is 15.7 Å². The van der Waals surface area contributed by atoms with Crippen molar-refractivity contribution < 1.29 is 31.1 Å². The van der Waals surface area contributed by atoms with Crippen LogP contribution < -0.4 is 19.1 Å². The number of hydrogen-bond acceptors (Lipinski definition) is 5. The van der Waals surface area contributed by atoms with Crippen LogP contribution in [0.1, 0.15) is 0 Å². The largest absolute Gasteiger partial charge is 0.457 e. The van der Waals surface area contributed by atoms with E-state index in [2.05, 4.69) is 0 Å². The van der Waals surface area contributed by atoms with Crippen LogP contribution >= 0.6 is 0 Å². The molecular weight excluding hydrogens is 493 g/mol. The quantitative estimate of drug-likeness (QED) is 0.400. The van der Waals surface area contributed by atoms with E-state index < -0.39 is 25.8 Å². The van der Waals surface area contributed by atoms with E-state index in [0.29, 0.717) is 5.75 Å². The van der Waals surface area contributed by atoms with Crippen LogP contribution in [0.5, 0.6) is 17.2 Å². The summed E-state index contributed by atoms with van der Waals surface area (Å²) in [4.78, 5) is 0. The summed E-state index contributed by atoms with van der Waals surface area (Å²) in [5.41, 5.74) is 6.19. The molecule has 1 unspecified atom stereocenters. The first kappa shape index (κ1) is 25.5. The van der Waals surface area contributed by atoms with Gasteiger partial charge in [0, 0.05) is 18.7 Å². The van der Waals surface area contributed by atoms with Crippen molar-refractivity contribution in [2.75, 3.05) is 18.8 Å². The van der Waals surface area contributed by atoms with E-state index in [1.165, 1.54) is 24.3 Å². The van der Waals surface area contributed by atoms with E-state index in [-0.39, 0.29) is 41.7 Å². The van der Waals surface area contributed by atoms with Gasteiger partial charge < -0.3 is 15.2 Å². The van der Waals surface area contributed by atoms with Gasteiger partial charge in [-0.15, -0.1) is 3.89 Å². The topological polar surface area (TPSA) is 78.6 Å². The van der Waals surface area contributed by atoms with Crippen LogP contribution in [0.25, 0.3) is 0 Å². The minimum Gasteiger partial charge on any atom is -0.457 e. The zero-order chi connectivity index (χ0) is 25.8. The number of nitrogens with two attached hydrogens (primary N) is 1. The predicted molar refractivity (Wildman–Crippen MR) is 132 cm³/mol. The maximum Gasteiger partial charge on any atom is 0.408 e. The Kier molecular flexibility index (Phi) is 7.21. The van der Waals surface area contributed by atoms with Crippen molar-refractivity contribution in [1.82, 2.24) is 3.89 Å². The van der Waals surface area contributed by atoms with Crippen LogP contribution in [0.2, 0.25) is 0 Å². The summed E-state index contributed by atoms with van der Waals surface area (Å²) in [6, 6.07) is 22.9. The molecule has 36 heavy (non-hydrogen) atoms. The second kappa shape index (κ2) is 10.2. The number of alkyl halides is 3. The van der Waals surface area contributed by atoms with Crippen molar-refractivity contribution in [3.8, 4) is 17.2 Å². The number of halogens is 3. The summed E-state index contributed by atoms with van der Waals surface area (Å²) in [6.07, 6.45) is -1.93. The van der Waals surface area contributed by atoms with Crippen LogP contribution in [-0.4, -0.2) is 33.4 Å². The van der Waals surface area contributed by atoms with Gasteiger partial charge >= 0.3 is 22.1 Å². The fourth-order valence-electron chi connectivity index (χ4n) is 3.96. The first-order chi connectivity index (χ1) is 17.1. The van der Waals surface area contributed by atoms with Gasteiger partial charge in [-0.2, -0.15) is 21.6 Å². The van der Waals surface area contributed by atoms with Crippen LogP contribution in [0.3, 0.4) is 0 Å². The molecule has 6 nitrogen and oxygen atoms in total.